The van der Waals surface area contributed by atoms with Crippen LogP contribution in [0.2, 0.25) is 0 Å². The topological polar surface area (TPSA) is 123 Å². The molecule has 1 saturated heterocycles. The van der Waals surface area contributed by atoms with E-state index in [1.54, 1.807) is 23.3 Å². The van der Waals surface area contributed by atoms with Crippen molar-refractivity contribution in [3.8, 4) is 0 Å². The Balaban J connectivity index is 1.61. The number of anilines is 4. The van der Waals surface area contributed by atoms with Gasteiger partial charge in [-0.25, -0.2) is 14.2 Å². The van der Waals surface area contributed by atoms with Crippen molar-refractivity contribution >= 4 is 38.9 Å². The summed E-state index contributed by atoms with van der Waals surface area (Å²) in [4.78, 5) is 16.4. The third-order valence-corrected chi connectivity index (χ3v) is 7.12. The number of rotatable bonds is 5. The molecule has 35 heavy (non-hydrogen) atoms. The molecule has 0 aliphatic carbocycles. The molecule has 0 bridgehead atoms. The van der Waals surface area contributed by atoms with Gasteiger partial charge in [0.25, 0.3) is 0 Å². The van der Waals surface area contributed by atoms with E-state index in [0.29, 0.717) is 30.0 Å². The highest BCUT2D eigenvalue weighted by molar-refractivity contribution is 7.92. The van der Waals surface area contributed by atoms with Gasteiger partial charge in [0.15, 0.2) is 11.6 Å². The Labute approximate surface area is 205 Å². The van der Waals surface area contributed by atoms with Gasteiger partial charge in [-0.15, -0.1) is 5.10 Å². The highest BCUT2D eigenvalue weighted by atomic mass is 32.2. The predicted molar refractivity (Wildman–Crippen MR) is 135 cm³/mol. The second-order valence-corrected chi connectivity index (χ2v) is 12.7. The van der Waals surface area contributed by atoms with Crippen LogP contribution in [0.25, 0.3) is 0 Å². The van der Waals surface area contributed by atoms with Crippen molar-refractivity contribution in [2.24, 2.45) is 4.36 Å². The van der Waals surface area contributed by atoms with E-state index in [2.05, 4.69) is 50.6 Å². The summed E-state index contributed by atoms with van der Waals surface area (Å²) in [6.07, 6.45) is 7.65. The molecule has 12 heteroatoms. The molecule has 1 N–H and O–H groups in total. The van der Waals surface area contributed by atoms with Gasteiger partial charge in [-0.05, 0) is 39.3 Å². The molecule has 11 nitrogen and oxygen atoms in total. The number of ether oxygens (including phenoxy) is 1. The van der Waals surface area contributed by atoms with E-state index < -0.39 is 9.73 Å². The van der Waals surface area contributed by atoms with Crippen molar-refractivity contribution in [3.63, 3.8) is 0 Å². The van der Waals surface area contributed by atoms with Crippen LogP contribution in [-0.2, 0) is 26.4 Å². The van der Waals surface area contributed by atoms with Crippen LogP contribution in [0.3, 0.4) is 0 Å². The average molecular weight is 498 g/mol. The van der Waals surface area contributed by atoms with Crippen LogP contribution in [-0.4, -0.2) is 64.9 Å². The number of fused-ring (bicyclic) bond motifs is 3. The summed E-state index contributed by atoms with van der Waals surface area (Å²) in [6, 6.07) is 5.63. The smallest absolute Gasteiger partial charge is 0.230 e. The molecule has 3 aromatic rings. The fraction of sp³-hybridized carbons (Fsp3) is 0.522. The molecule has 5 rings (SSSR count). The van der Waals surface area contributed by atoms with Crippen LogP contribution in [0.15, 0.2) is 35.0 Å². The number of hydrogen-bond donors (Lipinski definition) is 1. The molecule has 186 valence electrons. The lowest BCUT2D eigenvalue weighted by Crippen LogP contribution is -2.54. The summed E-state index contributed by atoms with van der Waals surface area (Å²) in [5.74, 6) is 2.89. The maximum absolute atomic E-state index is 12.3. The molecule has 5 heterocycles. The van der Waals surface area contributed by atoms with Crippen molar-refractivity contribution in [1.29, 1.82) is 0 Å². The van der Waals surface area contributed by atoms with Crippen molar-refractivity contribution in [2.45, 2.75) is 57.7 Å². The van der Waals surface area contributed by atoms with E-state index in [4.69, 9.17) is 14.7 Å². The standard InChI is InChI=1S/C23H31N9O2S/c1-7-31-13-18(28-30-31)26-21-24-12-15-20(27-21)32(16-11-22(2,3)34-14-23(15,16)4)19-10-8-9-17(25-19)29-35(5,6)33/h8-10,12-13,16H,7,11,14H2,1-6H3,(H,24,26,27)/t16-,23-/m1/s1. The number of aryl methyl sites for hydroxylation is 1. The Morgan fingerprint density at radius 3 is 2.77 bits per heavy atom. The Morgan fingerprint density at radius 2 is 2.06 bits per heavy atom. The van der Waals surface area contributed by atoms with Gasteiger partial charge in [0.05, 0.1) is 24.4 Å². The average Bonchev–Trinajstić information content (AvgIpc) is 3.32. The van der Waals surface area contributed by atoms with Gasteiger partial charge in [-0.3, -0.25) is 4.68 Å². The lowest BCUT2D eigenvalue weighted by molar-refractivity contribution is -0.0893. The first-order valence-electron chi connectivity index (χ1n) is 11.6. The minimum atomic E-state index is -2.35. The summed E-state index contributed by atoms with van der Waals surface area (Å²) in [7, 11) is -2.35. The molecular formula is C23H31N9O2S. The lowest BCUT2D eigenvalue weighted by Gasteiger charge is -2.46. The first kappa shape index (κ1) is 23.6. The SMILES string of the molecule is CCn1cc(Nc2ncc3c(n2)N(c2cccc(N=S(C)(C)=O)n2)[C@@H]2CC(C)(C)OC[C@]32C)nn1. The van der Waals surface area contributed by atoms with Gasteiger partial charge < -0.3 is 15.0 Å². The molecule has 2 aliphatic heterocycles. The molecular weight excluding hydrogens is 466 g/mol. The van der Waals surface area contributed by atoms with Crippen LogP contribution in [0, 0.1) is 0 Å². The number of pyridine rings is 1. The quantitative estimate of drug-likeness (QED) is 0.563. The molecule has 0 radical (unpaired) electrons. The Morgan fingerprint density at radius 1 is 1.26 bits per heavy atom. The molecule has 2 atom stereocenters. The molecule has 0 amide bonds. The van der Waals surface area contributed by atoms with Crippen molar-refractivity contribution in [3.05, 3.63) is 36.2 Å². The fourth-order valence-electron chi connectivity index (χ4n) is 4.71. The molecule has 3 aromatic heterocycles. The highest BCUT2D eigenvalue weighted by Crippen LogP contribution is 2.53. The predicted octanol–water partition coefficient (Wildman–Crippen LogP) is 3.56. The Kier molecular flexibility index (Phi) is 5.55. The monoisotopic (exact) mass is 497 g/mol. The van der Waals surface area contributed by atoms with Crippen LogP contribution in [0.1, 0.15) is 39.7 Å². The third-order valence-electron chi connectivity index (χ3n) is 6.49. The number of aromatic nitrogens is 6. The number of nitrogens with one attached hydrogen (secondary N) is 1. The molecule has 0 spiro atoms. The van der Waals surface area contributed by atoms with Gasteiger partial charge in [0.1, 0.15) is 11.6 Å². The van der Waals surface area contributed by atoms with E-state index in [0.717, 1.165) is 24.3 Å². The molecule has 2 aliphatic rings. The zero-order chi connectivity index (χ0) is 25.0. The third kappa shape index (κ3) is 4.47. The van der Waals surface area contributed by atoms with Gasteiger partial charge in [-0.1, -0.05) is 18.2 Å². The Hall–Kier alpha value is -3.12. The maximum atomic E-state index is 12.3. The highest BCUT2D eigenvalue weighted by Gasteiger charge is 2.55. The summed E-state index contributed by atoms with van der Waals surface area (Å²) in [6.45, 7) is 9.65. The van der Waals surface area contributed by atoms with Gasteiger partial charge >= 0.3 is 0 Å². The van der Waals surface area contributed by atoms with Crippen LogP contribution in [0.4, 0.5) is 29.2 Å². The first-order valence-corrected chi connectivity index (χ1v) is 13.9. The number of nitrogens with zero attached hydrogens (tertiary/aromatic N) is 8. The van der Waals surface area contributed by atoms with E-state index in [1.165, 1.54) is 0 Å². The number of hydrogen-bond acceptors (Lipinski definition) is 10. The van der Waals surface area contributed by atoms with E-state index >= 15 is 0 Å². The maximum Gasteiger partial charge on any atom is 0.230 e. The second kappa shape index (κ2) is 8.23. The van der Waals surface area contributed by atoms with Crippen LogP contribution < -0.4 is 10.2 Å². The van der Waals surface area contributed by atoms with Crippen molar-refractivity contribution in [2.75, 3.05) is 29.3 Å². The minimum Gasteiger partial charge on any atom is -0.374 e. The van der Waals surface area contributed by atoms with E-state index in [-0.39, 0.29) is 17.1 Å². The van der Waals surface area contributed by atoms with Crippen LogP contribution in [0.5, 0.6) is 0 Å². The molecule has 0 unspecified atom stereocenters. The normalized spacial score (nSPS) is 23.0. The zero-order valence-electron chi connectivity index (χ0n) is 20.9. The van der Waals surface area contributed by atoms with Gasteiger partial charge in [0, 0.05) is 46.0 Å². The first-order chi connectivity index (χ1) is 16.5. The molecule has 1 fully saturated rings. The molecule has 0 saturated carbocycles. The second-order valence-electron chi connectivity index (χ2n) is 10.2. The van der Waals surface area contributed by atoms with Gasteiger partial charge in [0.2, 0.25) is 5.95 Å². The van der Waals surface area contributed by atoms with E-state index in [1.807, 2.05) is 31.5 Å². The molecule has 0 aromatic carbocycles. The minimum absolute atomic E-state index is 0.0436. The zero-order valence-corrected chi connectivity index (χ0v) is 21.7. The van der Waals surface area contributed by atoms with Gasteiger partial charge in [-0.2, -0.15) is 9.35 Å². The van der Waals surface area contributed by atoms with Crippen LogP contribution >= 0.6 is 0 Å². The lowest BCUT2D eigenvalue weighted by atomic mass is 9.73. The van der Waals surface area contributed by atoms with Crippen molar-refractivity contribution < 1.29 is 8.95 Å². The largest absolute Gasteiger partial charge is 0.374 e. The fourth-order valence-corrected chi connectivity index (χ4v) is 5.26. The summed E-state index contributed by atoms with van der Waals surface area (Å²) in [5.41, 5.74) is 0.368. The Bertz CT molecular complexity index is 1390. The summed E-state index contributed by atoms with van der Waals surface area (Å²) < 4.78 is 24.6. The summed E-state index contributed by atoms with van der Waals surface area (Å²) in [5, 5.41) is 11.4. The van der Waals surface area contributed by atoms with Crippen molar-refractivity contribution in [1.82, 2.24) is 29.9 Å². The summed E-state index contributed by atoms with van der Waals surface area (Å²) >= 11 is 0. The van der Waals surface area contributed by atoms with E-state index in [9.17, 15) is 4.21 Å².